The Hall–Kier alpha value is 0.690. The second kappa shape index (κ2) is 5.82. The van der Waals surface area contributed by atoms with Gasteiger partial charge >= 0.3 is 0 Å². The Morgan fingerprint density at radius 1 is 0.526 bits per heavy atom. The van der Waals surface area contributed by atoms with Gasteiger partial charge in [0.25, 0.3) is 0 Å². The third kappa shape index (κ3) is 2.39. The van der Waals surface area contributed by atoms with Crippen molar-refractivity contribution >= 4 is 92.0 Å². The predicted octanol–water partition coefficient (Wildman–Crippen LogP) is 6.91. The first-order chi connectivity index (χ1) is 8.82. The van der Waals surface area contributed by atoms with Gasteiger partial charge < -0.3 is 5.11 Å². The lowest BCUT2D eigenvalue weighted by Gasteiger charge is -2.15. The van der Waals surface area contributed by atoms with Crippen LogP contribution in [-0.2, 0) is 6.61 Å². The molecule has 1 nitrogen and oxygen atoms in total. The zero-order chi connectivity index (χ0) is 14.5. The predicted molar refractivity (Wildman–Crippen MR) is 84.9 cm³/mol. The summed E-state index contributed by atoms with van der Waals surface area (Å²) in [4.78, 5) is 0. The standard InChI is InChI=1S/C11H3Cl7O/c12-5-2(1-19)6(13)7(14)4-3(5)8(15)10(17)11(18)9(4)16/h19H,1H2. The smallest absolute Gasteiger partial charge is 0.0800 e. The monoisotopic (exact) mass is 396 g/mol. The lowest BCUT2D eigenvalue weighted by atomic mass is 10.1. The van der Waals surface area contributed by atoms with Crippen LogP contribution in [-0.4, -0.2) is 5.11 Å². The van der Waals surface area contributed by atoms with Crippen LogP contribution in [0, 0.1) is 0 Å². The van der Waals surface area contributed by atoms with Gasteiger partial charge in [0.05, 0.1) is 41.8 Å². The van der Waals surface area contributed by atoms with Gasteiger partial charge in [-0.05, 0) is 0 Å². The molecule has 0 aromatic heterocycles. The van der Waals surface area contributed by atoms with Crippen molar-refractivity contribution in [1.29, 1.82) is 0 Å². The Morgan fingerprint density at radius 3 is 1.32 bits per heavy atom. The summed E-state index contributed by atoms with van der Waals surface area (Å²) in [6.07, 6.45) is 0. The Labute approximate surface area is 143 Å². The van der Waals surface area contributed by atoms with Gasteiger partial charge in [-0.25, -0.2) is 0 Å². The molecule has 0 saturated carbocycles. The van der Waals surface area contributed by atoms with Crippen molar-refractivity contribution < 1.29 is 5.11 Å². The third-order valence-electron chi connectivity index (χ3n) is 2.59. The fourth-order valence-electron chi connectivity index (χ4n) is 1.67. The van der Waals surface area contributed by atoms with Gasteiger partial charge in [0, 0.05) is 16.3 Å². The van der Waals surface area contributed by atoms with E-state index in [1.54, 1.807) is 0 Å². The van der Waals surface area contributed by atoms with E-state index in [0.717, 1.165) is 0 Å². The summed E-state index contributed by atoms with van der Waals surface area (Å²) in [6.45, 7) is -0.401. The maximum atomic E-state index is 9.30. The molecule has 0 saturated heterocycles. The molecule has 0 fully saturated rings. The molecule has 0 heterocycles. The minimum Gasteiger partial charge on any atom is -0.392 e. The number of benzene rings is 2. The molecule has 102 valence electrons. The molecule has 0 aliphatic carbocycles. The van der Waals surface area contributed by atoms with Crippen LogP contribution in [0.15, 0.2) is 0 Å². The molecular weight excluding hydrogens is 396 g/mol. The molecule has 0 bridgehead atoms. The third-order valence-corrected chi connectivity index (χ3v) is 5.70. The SMILES string of the molecule is OCc1c(Cl)c(Cl)c2c(Cl)c(Cl)c(Cl)c(Cl)c2c1Cl. The summed E-state index contributed by atoms with van der Waals surface area (Å²) in [6, 6.07) is 0. The number of halogens is 7. The van der Waals surface area contributed by atoms with E-state index in [4.69, 9.17) is 81.2 Å². The molecule has 1 N–H and O–H groups in total. The highest BCUT2D eigenvalue weighted by atomic mass is 35.5. The summed E-state index contributed by atoms with van der Waals surface area (Å²) in [5.74, 6) is 0. The number of fused-ring (bicyclic) bond motifs is 1. The van der Waals surface area contributed by atoms with Crippen molar-refractivity contribution in [3.05, 3.63) is 40.7 Å². The molecule has 19 heavy (non-hydrogen) atoms. The molecule has 8 heteroatoms. The van der Waals surface area contributed by atoms with Crippen molar-refractivity contribution in [2.75, 3.05) is 0 Å². The highest BCUT2D eigenvalue weighted by Gasteiger charge is 2.24. The highest BCUT2D eigenvalue weighted by molar-refractivity contribution is 6.59. The van der Waals surface area contributed by atoms with Gasteiger partial charge in [-0.1, -0.05) is 81.2 Å². The van der Waals surface area contributed by atoms with Crippen molar-refractivity contribution in [2.24, 2.45) is 0 Å². The Kier molecular flexibility index (Phi) is 4.93. The van der Waals surface area contributed by atoms with Crippen molar-refractivity contribution in [3.8, 4) is 0 Å². The van der Waals surface area contributed by atoms with Crippen LogP contribution in [0.4, 0.5) is 0 Å². The molecule has 2 aromatic carbocycles. The van der Waals surface area contributed by atoms with Crippen LogP contribution in [0.5, 0.6) is 0 Å². The van der Waals surface area contributed by atoms with E-state index in [1.165, 1.54) is 0 Å². The second-order valence-electron chi connectivity index (χ2n) is 3.58. The molecule has 2 aromatic rings. The minimum absolute atomic E-state index is 0.0602. The van der Waals surface area contributed by atoms with Gasteiger partial charge in [-0.15, -0.1) is 0 Å². The Morgan fingerprint density at radius 2 is 0.895 bits per heavy atom. The zero-order valence-electron chi connectivity index (χ0n) is 8.80. The first-order valence-corrected chi connectivity index (χ1v) is 7.39. The summed E-state index contributed by atoms with van der Waals surface area (Å²) in [7, 11) is 0. The quantitative estimate of drug-likeness (QED) is 0.408. The van der Waals surface area contributed by atoms with E-state index < -0.39 is 6.61 Å². The number of hydrogen-bond acceptors (Lipinski definition) is 1. The average molecular weight is 399 g/mol. The summed E-state index contributed by atoms with van der Waals surface area (Å²) in [5.41, 5.74) is 0.247. The Bertz CT molecular complexity index is 696. The van der Waals surface area contributed by atoms with Crippen LogP contribution in [0.1, 0.15) is 5.56 Å². The average Bonchev–Trinajstić information content (AvgIpc) is 2.38. The molecule has 0 aliphatic heterocycles. The molecule has 0 aliphatic rings. The van der Waals surface area contributed by atoms with E-state index in [-0.39, 0.29) is 40.7 Å². The molecule has 0 unspecified atom stereocenters. The van der Waals surface area contributed by atoms with Crippen LogP contribution in [0.25, 0.3) is 10.8 Å². The zero-order valence-corrected chi connectivity index (χ0v) is 14.1. The Balaban J connectivity index is 3.18. The molecule has 2 rings (SSSR count). The number of aliphatic hydroxyl groups excluding tert-OH is 1. The number of rotatable bonds is 1. The fourth-order valence-corrected chi connectivity index (χ4v) is 3.75. The lowest BCUT2D eigenvalue weighted by molar-refractivity contribution is 0.282. The number of aliphatic hydroxyl groups is 1. The minimum atomic E-state index is -0.401. The van der Waals surface area contributed by atoms with E-state index in [0.29, 0.717) is 10.8 Å². The normalized spacial score (nSPS) is 11.4. The summed E-state index contributed by atoms with van der Waals surface area (Å²) >= 11 is 42.5. The van der Waals surface area contributed by atoms with E-state index in [1.807, 2.05) is 0 Å². The second-order valence-corrected chi connectivity index (χ2v) is 6.23. The van der Waals surface area contributed by atoms with Crippen molar-refractivity contribution in [1.82, 2.24) is 0 Å². The maximum Gasteiger partial charge on any atom is 0.0800 e. The van der Waals surface area contributed by atoms with E-state index in [2.05, 4.69) is 0 Å². The molecule has 0 atom stereocenters. The topological polar surface area (TPSA) is 20.2 Å². The first-order valence-electron chi connectivity index (χ1n) is 4.74. The first kappa shape index (κ1) is 16.1. The fraction of sp³-hybridized carbons (Fsp3) is 0.0909. The molecule has 0 radical (unpaired) electrons. The van der Waals surface area contributed by atoms with Gasteiger partial charge in [0.2, 0.25) is 0 Å². The van der Waals surface area contributed by atoms with Gasteiger partial charge in [0.1, 0.15) is 0 Å². The van der Waals surface area contributed by atoms with Gasteiger partial charge in [0.15, 0.2) is 0 Å². The van der Waals surface area contributed by atoms with Crippen molar-refractivity contribution in [3.63, 3.8) is 0 Å². The largest absolute Gasteiger partial charge is 0.392 e. The van der Waals surface area contributed by atoms with E-state index >= 15 is 0 Å². The number of hydrogen-bond donors (Lipinski definition) is 1. The van der Waals surface area contributed by atoms with Crippen LogP contribution < -0.4 is 0 Å². The molecule has 0 amide bonds. The summed E-state index contributed by atoms with van der Waals surface area (Å²) < 4.78 is 0. The van der Waals surface area contributed by atoms with Crippen LogP contribution in [0.2, 0.25) is 35.2 Å². The van der Waals surface area contributed by atoms with Crippen molar-refractivity contribution in [2.45, 2.75) is 6.61 Å². The molecule has 0 spiro atoms. The van der Waals surface area contributed by atoms with Gasteiger partial charge in [-0.2, -0.15) is 0 Å². The molecular formula is C11H3Cl7O. The van der Waals surface area contributed by atoms with Gasteiger partial charge in [-0.3, -0.25) is 0 Å². The summed E-state index contributed by atoms with van der Waals surface area (Å²) in [5, 5.41) is 10.6. The lowest BCUT2D eigenvalue weighted by Crippen LogP contribution is -1.93. The van der Waals surface area contributed by atoms with Crippen LogP contribution >= 0.6 is 81.2 Å². The van der Waals surface area contributed by atoms with Crippen LogP contribution in [0.3, 0.4) is 0 Å². The highest BCUT2D eigenvalue weighted by Crippen LogP contribution is 2.50. The maximum absolute atomic E-state index is 9.30. The van der Waals surface area contributed by atoms with E-state index in [9.17, 15) is 5.11 Å².